The van der Waals surface area contributed by atoms with Crippen molar-refractivity contribution in [3.63, 3.8) is 0 Å². The summed E-state index contributed by atoms with van der Waals surface area (Å²) in [6, 6.07) is 11.5. The van der Waals surface area contributed by atoms with Gasteiger partial charge in [-0.15, -0.1) is 0 Å². The van der Waals surface area contributed by atoms with Crippen molar-refractivity contribution in [1.82, 2.24) is 9.62 Å². The first-order valence-electron chi connectivity index (χ1n) is 11.3. The van der Waals surface area contributed by atoms with E-state index in [1.54, 1.807) is 26.0 Å². The maximum Gasteiger partial charge on any atom is 0.243 e. The Labute approximate surface area is 199 Å². The molecule has 2 aromatic rings. The fourth-order valence-corrected chi connectivity index (χ4v) is 5.70. The van der Waals surface area contributed by atoms with Crippen LogP contribution in [0.15, 0.2) is 47.4 Å². The minimum Gasteiger partial charge on any atom is -0.454 e. The quantitative estimate of drug-likeness (QED) is 0.614. The first-order chi connectivity index (χ1) is 16.2. The number of amides is 2. The van der Waals surface area contributed by atoms with Crippen LogP contribution < -0.4 is 19.7 Å². The number of benzene rings is 2. The molecule has 10 heteroatoms. The van der Waals surface area contributed by atoms with Crippen molar-refractivity contribution in [2.75, 3.05) is 31.3 Å². The molecule has 2 heterocycles. The molecule has 182 valence electrons. The predicted octanol–water partition coefficient (Wildman–Crippen LogP) is 2.68. The summed E-state index contributed by atoms with van der Waals surface area (Å²) in [6.07, 6.45) is 0.0964. The number of nitrogens with one attached hydrogen (secondary N) is 1. The molecule has 1 saturated heterocycles. The number of carbonyl (C=O) groups is 2. The highest BCUT2D eigenvalue weighted by Gasteiger charge is 2.36. The van der Waals surface area contributed by atoms with E-state index >= 15 is 0 Å². The van der Waals surface area contributed by atoms with Crippen molar-refractivity contribution in [3.8, 4) is 11.5 Å². The number of sulfonamides is 1. The van der Waals surface area contributed by atoms with Crippen molar-refractivity contribution in [2.24, 2.45) is 5.92 Å². The Morgan fingerprint density at radius 1 is 1.12 bits per heavy atom. The zero-order valence-electron chi connectivity index (χ0n) is 19.5. The Hall–Kier alpha value is -3.11. The van der Waals surface area contributed by atoms with Gasteiger partial charge in [0.15, 0.2) is 11.5 Å². The summed E-state index contributed by atoms with van der Waals surface area (Å²) in [5.74, 6) is 0.447. The number of hydrogen-bond acceptors (Lipinski definition) is 6. The van der Waals surface area contributed by atoms with Gasteiger partial charge in [0, 0.05) is 31.7 Å². The van der Waals surface area contributed by atoms with Gasteiger partial charge in [-0.25, -0.2) is 8.42 Å². The molecule has 2 aromatic carbocycles. The molecule has 0 radical (unpaired) electrons. The lowest BCUT2D eigenvalue weighted by Crippen LogP contribution is -2.34. The Bertz CT molecular complexity index is 1180. The molecule has 1 fully saturated rings. The lowest BCUT2D eigenvalue weighted by Gasteiger charge is -2.21. The minimum atomic E-state index is -3.57. The topological polar surface area (TPSA) is 105 Å². The Morgan fingerprint density at radius 2 is 1.79 bits per heavy atom. The van der Waals surface area contributed by atoms with Gasteiger partial charge in [0.2, 0.25) is 28.6 Å². The smallest absolute Gasteiger partial charge is 0.243 e. The molecule has 0 bridgehead atoms. The first kappa shape index (κ1) is 24.0. The summed E-state index contributed by atoms with van der Waals surface area (Å²) in [4.78, 5) is 27.2. The molecule has 2 aliphatic heterocycles. The molecule has 4 rings (SSSR count). The molecule has 0 saturated carbocycles. The highest BCUT2D eigenvalue weighted by Crippen LogP contribution is 2.34. The van der Waals surface area contributed by atoms with Crippen molar-refractivity contribution in [2.45, 2.75) is 38.1 Å². The number of ether oxygens (including phenoxy) is 2. The van der Waals surface area contributed by atoms with E-state index in [0.717, 1.165) is 5.56 Å². The molecule has 2 atom stereocenters. The van der Waals surface area contributed by atoms with Crippen molar-refractivity contribution >= 4 is 27.5 Å². The maximum absolute atomic E-state index is 12.9. The van der Waals surface area contributed by atoms with Crippen LogP contribution in [0.25, 0.3) is 0 Å². The number of fused-ring (bicyclic) bond motifs is 1. The highest BCUT2D eigenvalue weighted by atomic mass is 32.2. The van der Waals surface area contributed by atoms with Crippen LogP contribution in [0.5, 0.6) is 11.5 Å². The third-order valence-electron chi connectivity index (χ3n) is 6.24. The average Bonchev–Trinajstić information content (AvgIpc) is 3.45. The van der Waals surface area contributed by atoms with Crippen LogP contribution in [0.4, 0.5) is 5.69 Å². The molecule has 0 aliphatic carbocycles. The third kappa shape index (κ3) is 4.60. The highest BCUT2D eigenvalue weighted by molar-refractivity contribution is 7.89. The van der Waals surface area contributed by atoms with E-state index in [0.29, 0.717) is 30.3 Å². The number of hydrogen-bond donors (Lipinski definition) is 1. The van der Waals surface area contributed by atoms with Crippen LogP contribution in [-0.4, -0.2) is 51.0 Å². The standard InChI is InChI=1S/C24H29N3O6S/c1-4-26(5-2)34(30,31)20-9-7-19(8-10-20)27-14-18(13-23(27)28)24(29)25-16(3)17-6-11-21-22(12-17)33-15-32-21/h6-12,16,18H,4-5,13-15H2,1-3H3,(H,25,29)/t16-,18+/m0/s1. The van der Waals surface area contributed by atoms with Gasteiger partial charge in [0.1, 0.15) is 0 Å². The summed E-state index contributed by atoms with van der Waals surface area (Å²) in [7, 11) is -3.57. The molecular formula is C24H29N3O6S. The van der Waals surface area contributed by atoms with Gasteiger partial charge in [-0.3, -0.25) is 9.59 Å². The average molecular weight is 488 g/mol. The van der Waals surface area contributed by atoms with Gasteiger partial charge < -0.3 is 19.7 Å². The maximum atomic E-state index is 12.9. The van der Waals surface area contributed by atoms with Crippen LogP contribution in [-0.2, 0) is 19.6 Å². The summed E-state index contributed by atoms with van der Waals surface area (Å²) < 4.78 is 37.5. The van der Waals surface area contributed by atoms with Crippen LogP contribution in [0.3, 0.4) is 0 Å². The van der Waals surface area contributed by atoms with Crippen LogP contribution in [0.2, 0.25) is 0 Å². The van der Waals surface area contributed by atoms with Gasteiger partial charge in [-0.2, -0.15) is 4.31 Å². The van der Waals surface area contributed by atoms with Crippen molar-refractivity contribution in [3.05, 3.63) is 48.0 Å². The molecular weight excluding hydrogens is 458 g/mol. The second-order valence-electron chi connectivity index (χ2n) is 8.33. The summed E-state index contributed by atoms with van der Waals surface area (Å²) >= 11 is 0. The van der Waals surface area contributed by atoms with E-state index in [9.17, 15) is 18.0 Å². The van der Waals surface area contributed by atoms with Crippen LogP contribution >= 0.6 is 0 Å². The SMILES string of the molecule is CCN(CC)S(=O)(=O)c1ccc(N2C[C@H](C(=O)N[C@@H](C)c3ccc4c(c3)OCO4)CC2=O)cc1. The Kier molecular flexibility index (Phi) is 6.81. The third-order valence-corrected chi connectivity index (χ3v) is 8.31. The molecule has 2 aliphatic rings. The largest absolute Gasteiger partial charge is 0.454 e. The van der Waals surface area contributed by atoms with E-state index in [4.69, 9.17) is 9.47 Å². The molecule has 9 nitrogen and oxygen atoms in total. The van der Waals surface area contributed by atoms with Gasteiger partial charge >= 0.3 is 0 Å². The van der Waals surface area contributed by atoms with Gasteiger partial charge in [-0.05, 0) is 48.9 Å². The van der Waals surface area contributed by atoms with E-state index < -0.39 is 15.9 Å². The fourth-order valence-electron chi connectivity index (χ4n) is 4.24. The molecule has 0 unspecified atom stereocenters. The zero-order chi connectivity index (χ0) is 24.5. The summed E-state index contributed by atoms with van der Waals surface area (Å²) in [5.41, 5.74) is 1.45. The second kappa shape index (κ2) is 9.63. The van der Waals surface area contributed by atoms with E-state index in [-0.39, 0.29) is 42.5 Å². The lowest BCUT2D eigenvalue weighted by molar-refractivity contribution is -0.126. The molecule has 0 aromatic heterocycles. The second-order valence-corrected chi connectivity index (χ2v) is 10.3. The van der Waals surface area contributed by atoms with Crippen LogP contribution in [0.1, 0.15) is 38.8 Å². The number of carbonyl (C=O) groups excluding carboxylic acids is 2. The summed E-state index contributed by atoms with van der Waals surface area (Å²) in [6.45, 7) is 6.63. The summed E-state index contributed by atoms with van der Waals surface area (Å²) in [5, 5.41) is 2.98. The van der Waals surface area contributed by atoms with Gasteiger partial charge in [0.05, 0.1) is 16.9 Å². The molecule has 1 N–H and O–H groups in total. The minimum absolute atomic E-state index is 0.0964. The van der Waals surface area contributed by atoms with Crippen molar-refractivity contribution < 1.29 is 27.5 Å². The first-order valence-corrected chi connectivity index (χ1v) is 12.8. The Morgan fingerprint density at radius 3 is 2.47 bits per heavy atom. The van der Waals surface area contributed by atoms with Gasteiger partial charge in [0.25, 0.3) is 0 Å². The fraction of sp³-hybridized carbons (Fsp3) is 0.417. The number of nitrogens with zero attached hydrogens (tertiary/aromatic N) is 2. The Balaban J connectivity index is 1.41. The van der Waals surface area contributed by atoms with Gasteiger partial charge in [-0.1, -0.05) is 19.9 Å². The molecule has 2 amide bonds. The predicted molar refractivity (Wildman–Crippen MR) is 126 cm³/mol. The van der Waals surface area contributed by atoms with E-state index in [1.807, 2.05) is 25.1 Å². The molecule has 0 spiro atoms. The van der Waals surface area contributed by atoms with E-state index in [1.165, 1.54) is 21.3 Å². The van der Waals surface area contributed by atoms with Crippen molar-refractivity contribution in [1.29, 1.82) is 0 Å². The van der Waals surface area contributed by atoms with Crippen LogP contribution in [0, 0.1) is 5.92 Å². The monoisotopic (exact) mass is 487 g/mol. The molecule has 34 heavy (non-hydrogen) atoms. The normalized spacial score (nSPS) is 18.4. The number of rotatable bonds is 8. The lowest BCUT2D eigenvalue weighted by atomic mass is 10.0. The number of anilines is 1. The van der Waals surface area contributed by atoms with E-state index in [2.05, 4.69) is 5.32 Å². The zero-order valence-corrected chi connectivity index (χ0v) is 20.3.